The number of benzene rings is 11. The van der Waals surface area contributed by atoms with Gasteiger partial charge in [-0.2, -0.15) is 0 Å². The fourth-order valence-corrected chi connectivity index (χ4v) is 12.5. The summed E-state index contributed by atoms with van der Waals surface area (Å²) in [4.78, 5) is 2.46. The van der Waals surface area contributed by atoms with E-state index in [1.165, 1.54) is 105 Å². The van der Waals surface area contributed by atoms with Crippen molar-refractivity contribution in [3.63, 3.8) is 0 Å². The molecule has 1 aromatic heterocycles. The molecule has 12 aromatic rings. The molecule has 0 aliphatic heterocycles. The highest BCUT2D eigenvalue weighted by atomic mass is 15.1. The van der Waals surface area contributed by atoms with Crippen molar-refractivity contribution in [2.24, 2.45) is 0 Å². The third kappa shape index (κ3) is 6.28. The molecule has 0 saturated heterocycles. The van der Waals surface area contributed by atoms with Crippen molar-refractivity contribution < 1.29 is 0 Å². The van der Waals surface area contributed by atoms with Gasteiger partial charge in [-0.25, -0.2) is 0 Å². The third-order valence-corrected chi connectivity index (χ3v) is 15.9. The van der Waals surface area contributed by atoms with Crippen LogP contribution in [0.4, 0.5) is 17.1 Å². The number of hydrogen-bond acceptors (Lipinski definition) is 1. The van der Waals surface area contributed by atoms with Crippen LogP contribution < -0.4 is 4.90 Å². The maximum absolute atomic E-state index is 2.46. The van der Waals surface area contributed by atoms with Crippen molar-refractivity contribution in [3.8, 4) is 50.2 Å². The topological polar surface area (TPSA) is 8.17 Å². The van der Waals surface area contributed by atoms with Gasteiger partial charge in [-0.15, -0.1) is 0 Å². The zero-order valence-corrected chi connectivity index (χ0v) is 40.3. The van der Waals surface area contributed by atoms with Gasteiger partial charge in [-0.3, -0.25) is 0 Å². The van der Waals surface area contributed by atoms with Crippen LogP contribution in [0.5, 0.6) is 0 Å². The maximum atomic E-state index is 2.46. The van der Waals surface area contributed by atoms with E-state index in [0.29, 0.717) is 0 Å². The molecule has 0 N–H and O–H groups in total. The molecule has 2 aliphatic rings. The van der Waals surface area contributed by atoms with E-state index >= 15 is 0 Å². The summed E-state index contributed by atoms with van der Waals surface area (Å²) in [6.07, 6.45) is 0. The Labute approximate surface area is 421 Å². The van der Waals surface area contributed by atoms with Gasteiger partial charge in [0.15, 0.2) is 0 Å². The first-order chi connectivity index (χ1) is 35.5. The smallest absolute Gasteiger partial charge is 0.0713 e. The molecule has 0 bridgehead atoms. The Morgan fingerprint density at radius 3 is 1.47 bits per heavy atom. The molecule has 0 unspecified atom stereocenters. The average Bonchev–Trinajstić information content (AvgIpc) is 4.02. The minimum Gasteiger partial charge on any atom is -0.310 e. The van der Waals surface area contributed by atoms with E-state index in [-0.39, 0.29) is 5.41 Å². The molecule has 14 rings (SSSR count). The molecular weight excluding hydrogens is 869 g/mol. The maximum Gasteiger partial charge on any atom is 0.0713 e. The Kier molecular flexibility index (Phi) is 9.50. The largest absolute Gasteiger partial charge is 0.310 e. The number of para-hydroxylation sites is 2. The van der Waals surface area contributed by atoms with Crippen molar-refractivity contribution in [1.82, 2.24) is 4.57 Å². The highest BCUT2D eigenvalue weighted by molar-refractivity contribution is 6.10. The number of anilines is 3. The minimum absolute atomic E-state index is 0.141. The van der Waals surface area contributed by atoms with E-state index in [1.807, 2.05) is 0 Å². The number of rotatable bonds is 8. The third-order valence-electron chi connectivity index (χ3n) is 15.9. The second-order valence-corrected chi connectivity index (χ2v) is 20.0. The van der Waals surface area contributed by atoms with Crippen LogP contribution in [-0.4, -0.2) is 4.57 Å². The molecule has 340 valence electrons. The molecular formula is C70H50N2. The number of aromatic nitrogens is 1. The lowest BCUT2D eigenvalue weighted by molar-refractivity contribution is 0.660. The van der Waals surface area contributed by atoms with Gasteiger partial charge in [0.1, 0.15) is 0 Å². The van der Waals surface area contributed by atoms with Gasteiger partial charge in [0.2, 0.25) is 0 Å². The fraction of sp³-hybridized carbons (Fsp3) is 0.0571. The highest BCUT2D eigenvalue weighted by Crippen LogP contribution is 2.58. The van der Waals surface area contributed by atoms with Crippen molar-refractivity contribution >= 4 is 38.9 Å². The Bertz CT molecular complexity index is 3990. The lowest BCUT2D eigenvalue weighted by atomic mass is 9.68. The fourth-order valence-electron chi connectivity index (χ4n) is 12.5. The predicted octanol–water partition coefficient (Wildman–Crippen LogP) is 18.3. The molecule has 11 aromatic carbocycles. The Morgan fingerprint density at radius 1 is 0.306 bits per heavy atom. The molecule has 0 saturated carbocycles. The summed E-state index contributed by atoms with van der Waals surface area (Å²) in [7, 11) is 0. The molecule has 0 atom stereocenters. The summed E-state index contributed by atoms with van der Waals surface area (Å²) in [5, 5.41) is 2.52. The summed E-state index contributed by atoms with van der Waals surface area (Å²) in [5.41, 5.74) is 24.2. The van der Waals surface area contributed by atoms with Crippen LogP contribution in [0.3, 0.4) is 0 Å². The van der Waals surface area contributed by atoms with Crippen LogP contribution in [0.25, 0.3) is 72.0 Å². The van der Waals surface area contributed by atoms with Crippen LogP contribution >= 0.6 is 0 Å². The normalized spacial score (nSPS) is 13.6. The standard InChI is InChI=1S/C70H50N2/c1-69(2)63-27-15-12-24-57(63)59-41-39-56(46-66(59)69)71(55-40-42-65-61(45-55)58-25-13-16-28-64(58)70(65,51-18-6-3-7-19-51)52-20-8-4-9-21-52)54-37-34-48(35-38-54)47-30-32-49(33-31-47)50-36-43-68-62(44-50)60-26-14-17-29-67(60)72(68)53-22-10-5-11-23-53/h3-46H,1-2H3. The number of fused-ring (bicyclic) bond motifs is 9. The second kappa shape index (κ2) is 16.3. The van der Waals surface area contributed by atoms with E-state index in [4.69, 9.17) is 0 Å². The van der Waals surface area contributed by atoms with Crippen molar-refractivity contribution in [3.05, 3.63) is 300 Å². The zero-order chi connectivity index (χ0) is 48.0. The SMILES string of the molecule is CC1(C)c2ccccc2-c2ccc(N(c3ccc(-c4ccc(-c5ccc6c(c5)c5ccccc5n6-c5ccccc5)cc4)cc3)c3ccc4c(c3)-c3ccccc3C4(c3ccccc3)c3ccccc3)cc21. The summed E-state index contributed by atoms with van der Waals surface area (Å²) in [6, 6.07) is 98.9. The van der Waals surface area contributed by atoms with Crippen molar-refractivity contribution in [2.75, 3.05) is 4.90 Å². The summed E-state index contributed by atoms with van der Waals surface area (Å²) >= 11 is 0. The Balaban J connectivity index is 0.867. The first-order valence-corrected chi connectivity index (χ1v) is 25.2. The molecule has 0 radical (unpaired) electrons. The number of hydrogen-bond donors (Lipinski definition) is 0. The van der Waals surface area contributed by atoms with Crippen molar-refractivity contribution in [2.45, 2.75) is 24.7 Å². The molecule has 0 amide bonds. The Morgan fingerprint density at radius 2 is 0.778 bits per heavy atom. The predicted molar refractivity (Wildman–Crippen MR) is 301 cm³/mol. The van der Waals surface area contributed by atoms with Gasteiger partial charge < -0.3 is 9.47 Å². The van der Waals surface area contributed by atoms with Crippen LogP contribution in [0.2, 0.25) is 0 Å². The van der Waals surface area contributed by atoms with Crippen LogP contribution in [0, 0.1) is 0 Å². The number of nitrogens with zero attached hydrogens (tertiary/aromatic N) is 2. The van der Waals surface area contributed by atoms with Crippen LogP contribution in [0.15, 0.2) is 267 Å². The van der Waals surface area contributed by atoms with Gasteiger partial charge in [0.25, 0.3) is 0 Å². The highest BCUT2D eigenvalue weighted by Gasteiger charge is 2.46. The lowest BCUT2D eigenvalue weighted by Gasteiger charge is -2.34. The summed E-state index contributed by atoms with van der Waals surface area (Å²) in [6.45, 7) is 4.74. The molecule has 0 spiro atoms. The van der Waals surface area contributed by atoms with Gasteiger partial charge >= 0.3 is 0 Å². The van der Waals surface area contributed by atoms with E-state index in [0.717, 1.165) is 17.1 Å². The molecule has 0 fully saturated rings. The quantitative estimate of drug-likeness (QED) is 0.147. The average molecular weight is 919 g/mol. The van der Waals surface area contributed by atoms with E-state index in [1.54, 1.807) is 0 Å². The van der Waals surface area contributed by atoms with Crippen molar-refractivity contribution in [1.29, 1.82) is 0 Å². The first-order valence-electron chi connectivity index (χ1n) is 25.2. The van der Waals surface area contributed by atoms with Gasteiger partial charge in [-0.1, -0.05) is 214 Å². The zero-order valence-electron chi connectivity index (χ0n) is 40.3. The molecule has 1 heterocycles. The monoisotopic (exact) mass is 918 g/mol. The van der Waals surface area contributed by atoms with E-state index in [9.17, 15) is 0 Å². The minimum atomic E-state index is -0.464. The van der Waals surface area contributed by atoms with E-state index in [2.05, 4.69) is 290 Å². The molecule has 72 heavy (non-hydrogen) atoms. The molecule has 2 aliphatic carbocycles. The molecule has 2 heteroatoms. The summed E-state index contributed by atoms with van der Waals surface area (Å²) in [5.74, 6) is 0. The second-order valence-electron chi connectivity index (χ2n) is 20.0. The lowest BCUT2D eigenvalue weighted by Crippen LogP contribution is -2.28. The summed E-state index contributed by atoms with van der Waals surface area (Å²) < 4.78 is 2.37. The van der Waals surface area contributed by atoms with Gasteiger partial charge in [-0.05, 0) is 145 Å². The Hall–Kier alpha value is -8.98. The van der Waals surface area contributed by atoms with E-state index < -0.39 is 5.41 Å². The van der Waals surface area contributed by atoms with Gasteiger partial charge in [0.05, 0.1) is 16.4 Å². The van der Waals surface area contributed by atoms with Crippen LogP contribution in [0.1, 0.15) is 47.2 Å². The van der Waals surface area contributed by atoms with Crippen LogP contribution in [-0.2, 0) is 10.8 Å². The first kappa shape index (κ1) is 41.9. The van der Waals surface area contributed by atoms with Gasteiger partial charge in [0, 0.05) is 38.9 Å². The molecule has 2 nitrogen and oxygen atoms in total.